The number of rotatable bonds is 5. The number of nitrogens with zero attached hydrogens (tertiary/aromatic N) is 3. The molecule has 0 aliphatic carbocycles. The highest BCUT2D eigenvalue weighted by atomic mass is 32.2. The molecule has 116 valence electrons. The summed E-state index contributed by atoms with van der Waals surface area (Å²) in [7, 11) is 0. The van der Waals surface area contributed by atoms with Crippen molar-refractivity contribution in [3.05, 3.63) is 35.7 Å². The van der Waals surface area contributed by atoms with Crippen LogP contribution >= 0.6 is 11.8 Å². The molecule has 0 saturated carbocycles. The topological polar surface area (TPSA) is 93.8 Å². The monoisotopic (exact) mass is 317 g/mol. The molecule has 0 aliphatic heterocycles. The second-order valence-electron chi connectivity index (χ2n) is 4.88. The number of amides is 1. The summed E-state index contributed by atoms with van der Waals surface area (Å²) < 4.78 is 0. The number of hydrogen-bond acceptors (Lipinski definition) is 6. The maximum absolute atomic E-state index is 12.5. The van der Waals surface area contributed by atoms with E-state index in [0.29, 0.717) is 11.6 Å². The van der Waals surface area contributed by atoms with Crippen molar-refractivity contribution in [3.8, 4) is 0 Å². The van der Waals surface area contributed by atoms with Crippen molar-refractivity contribution in [1.29, 1.82) is 0 Å². The Morgan fingerprint density at radius 2 is 2.14 bits per heavy atom. The first-order chi connectivity index (χ1) is 10.5. The van der Waals surface area contributed by atoms with Crippen molar-refractivity contribution in [2.45, 2.75) is 37.6 Å². The summed E-state index contributed by atoms with van der Waals surface area (Å²) in [6, 6.07) is 5.85. The van der Waals surface area contributed by atoms with E-state index >= 15 is 0 Å². The van der Waals surface area contributed by atoms with E-state index in [9.17, 15) is 4.79 Å². The van der Waals surface area contributed by atoms with E-state index in [1.54, 1.807) is 0 Å². The fraction of sp³-hybridized carbons (Fsp3) is 0.333. The van der Waals surface area contributed by atoms with Gasteiger partial charge in [0, 0.05) is 5.69 Å². The minimum atomic E-state index is -0.290. The Labute approximate surface area is 134 Å². The summed E-state index contributed by atoms with van der Waals surface area (Å²) in [4.78, 5) is 24.3. The van der Waals surface area contributed by atoms with Crippen LogP contribution in [0.5, 0.6) is 0 Å². The van der Waals surface area contributed by atoms with Gasteiger partial charge in [-0.15, -0.1) is 0 Å². The van der Waals surface area contributed by atoms with Crippen LogP contribution in [0.15, 0.2) is 29.7 Å². The lowest BCUT2D eigenvalue weighted by Crippen LogP contribution is -2.25. The van der Waals surface area contributed by atoms with Crippen LogP contribution in [-0.2, 0) is 4.79 Å². The lowest BCUT2D eigenvalue weighted by Gasteiger charge is -2.15. The molecule has 2 aromatic rings. The lowest BCUT2D eigenvalue weighted by atomic mass is 10.1. The molecular formula is C15H19N5OS. The molecule has 1 aromatic carbocycles. The molecule has 22 heavy (non-hydrogen) atoms. The van der Waals surface area contributed by atoms with Crippen LogP contribution in [0.2, 0.25) is 0 Å². The molecule has 3 N–H and O–H groups in total. The van der Waals surface area contributed by atoms with Crippen molar-refractivity contribution in [3.63, 3.8) is 0 Å². The van der Waals surface area contributed by atoms with Gasteiger partial charge in [0.25, 0.3) is 0 Å². The Balaban J connectivity index is 2.10. The zero-order valence-electron chi connectivity index (χ0n) is 12.8. The molecule has 0 bridgehead atoms. The van der Waals surface area contributed by atoms with Crippen LogP contribution in [0.1, 0.15) is 24.5 Å². The summed E-state index contributed by atoms with van der Waals surface area (Å²) in [5.74, 6) is 0.0856. The molecule has 6 nitrogen and oxygen atoms in total. The summed E-state index contributed by atoms with van der Waals surface area (Å²) in [5.41, 5.74) is 8.58. The third-order valence-electron chi connectivity index (χ3n) is 3.34. The number of aryl methyl sites for hydroxylation is 1. The summed E-state index contributed by atoms with van der Waals surface area (Å²) in [5, 5.41) is 3.14. The Hall–Kier alpha value is -2.15. The minimum Gasteiger partial charge on any atom is -0.368 e. The largest absolute Gasteiger partial charge is 0.368 e. The second kappa shape index (κ2) is 7.22. The predicted octanol–water partition coefficient (Wildman–Crippen LogP) is 2.58. The van der Waals surface area contributed by atoms with Crippen molar-refractivity contribution in [2.24, 2.45) is 0 Å². The molecule has 7 heteroatoms. The van der Waals surface area contributed by atoms with Crippen LogP contribution in [0.3, 0.4) is 0 Å². The third-order valence-corrected chi connectivity index (χ3v) is 4.58. The molecule has 0 spiro atoms. The molecule has 1 unspecified atom stereocenters. The van der Waals surface area contributed by atoms with Crippen LogP contribution in [0.4, 0.5) is 11.6 Å². The number of nitrogens with one attached hydrogen (secondary N) is 1. The normalized spacial score (nSPS) is 12.0. The smallest absolute Gasteiger partial charge is 0.237 e. The number of hydrogen-bond donors (Lipinski definition) is 2. The van der Waals surface area contributed by atoms with Gasteiger partial charge in [-0.2, -0.15) is 4.98 Å². The van der Waals surface area contributed by atoms with Gasteiger partial charge in [-0.25, -0.2) is 9.97 Å². The molecule has 2 rings (SSSR count). The Kier molecular flexibility index (Phi) is 5.32. The van der Waals surface area contributed by atoms with E-state index < -0.39 is 0 Å². The third kappa shape index (κ3) is 3.94. The average molecular weight is 317 g/mol. The van der Waals surface area contributed by atoms with Crippen LogP contribution in [-0.4, -0.2) is 26.1 Å². The zero-order valence-corrected chi connectivity index (χ0v) is 13.6. The van der Waals surface area contributed by atoms with Gasteiger partial charge in [-0.3, -0.25) is 4.79 Å². The van der Waals surface area contributed by atoms with Crippen LogP contribution in [0.25, 0.3) is 0 Å². The quantitative estimate of drug-likeness (QED) is 0.823. The number of benzene rings is 1. The van der Waals surface area contributed by atoms with E-state index in [0.717, 1.165) is 16.8 Å². The SMILES string of the molecule is CCC(Sc1ncnc(N)n1)C(=O)Nc1cccc(C)c1C. The minimum absolute atomic E-state index is 0.0693. The van der Waals surface area contributed by atoms with Gasteiger partial charge in [0.2, 0.25) is 11.9 Å². The predicted molar refractivity (Wildman–Crippen MR) is 88.7 cm³/mol. The molecule has 1 atom stereocenters. The maximum atomic E-state index is 12.5. The Bertz CT molecular complexity index is 677. The Morgan fingerprint density at radius 3 is 2.82 bits per heavy atom. The molecule has 1 heterocycles. The lowest BCUT2D eigenvalue weighted by molar-refractivity contribution is -0.115. The highest BCUT2D eigenvalue weighted by Gasteiger charge is 2.20. The number of nitrogens with two attached hydrogens (primary N) is 1. The summed E-state index contributed by atoms with van der Waals surface area (Å²) >= 11 is 1.29. The maximum Gasteiger partial charge on any atom is 0.237 e. The van der Waals surface area contributed by atoms with Gasteiger partial charge in [0.1, 0.15) is 6.33 Å². The number of aromatic nitrogens is 3. The van der Waals surface area contributed by atoms with E-state index in [-0.39, 0.29) is 17.1 Å². The van der Waals surface area contributed by atoms with Gasteiger partial charge >= 0.3 is 0 Å². The average Bonchev–Trinajstić information content (AvgIpc) is 2.49. The van der Waals surface area contributed by atoms with Gasteiger partial charge in [-0.05, 0) is 37.5 Å². The van der Waals surface area contributed by atoms with Crippen molar-refractivity contribution < 1.29 is 4.79 Å². The van der Waals surface area contributed by atoms with Crippen molar-refractivity contribution >= 4 is 29.3 Å². The van der Waals surface area contributed by atoms with Crippen LogP contribution in [0, 0.1) is 13.8 Å². The highest BCUT2D eigenvalue weighted by Crippen LogP contribution is 2.25. The van der Waals surface area contributed by atoms with Crippen LogP contribution < -0.4 is 11.1 Å². The number of carbonyl (C=O) groups is 1. The van der Waals surface area contributed by atoms with Gasteiger partial charge in [-0.1, -0.05) is 30.8 Å². The molecule has 0 radical (unpaired) electrons. The highest BCUT2D eigenvalue weighted by molar-refractivity contribution is 8.00. The molecule has 0 aliphatic rings. The van der Waals surface area contributed by atoms with Gasteiger partial charge in [0.15, 0.2) is 5.16 Å². The van der Waals surface area contributed by atoms with E-state index in [1.165, 1.54) is 18.1 Å². The first kappa shape index (κ1) is 16.2. The van der Waals surface area contributed by atoms with E-state index in [1.807, 2.05) is 39.0 Å². The van der Waals surface area contributed by atoms with Crippen molar-refractivity contribution in [1.82, 2.24) is 15.0 Å². The number of anilines is 2. The standard InChI is InChI=1S/C15H19N5OS/c1-4-12(22-15-18-8-17-14(16)20-15)13(21)19-11-7-5-6-9(2)10(11)3/h5-8,12H,4H2,1-3H3,(H,19,21)(H2,16,17,18,20). The first-order valence-corrected chi connectivity index (χ1v) is 7.87. The Morgan fingerprint density at radius 1 is 1.36 bits per heavy atom. The van der Waals surface area contributed by atoms with E-state index in [2.05, 4.69) is 20.3 Å². The summed E-state index contributed by atoms with van der Waals surface area (Å²) in [6.45, 7) is 5.96. The molecule has 0 fully saturated rings. The molecule has 0 saturated heterocycles. The van der Waals surface area contributed by atoms with Crippen molar-refractivity contribution in [2.75, 3.05) is 11.1 Å². The summed E-state index contributed by atoms with van der Waals surface area (Å²) in [6.07, 6.45) is 2.01. The number of carbonyl (C=O) groups excluding carboxylic acids is 1. The fourth-order valence-corrected chi connectivity index (χ4v) is 2.74. The van der Waals surface area contributed by atoms with E-state index in [4.69, 9.17) is 5.73 Å². The van der Waals surface area contributed by atoms with Gasteiger partial charge in [0.05, 0.1) is 5.25 Å². The molecule has 1 amide bonds. The number of nitrogen functional groups attached to an aromatic ring is 1. The first-order valence-electron chi connectivity index (χ1n) is 6.99. The second-order valence-corrected chi connectivity index (χ2v) is 6.05. The molecular weight excluding hydrogens is 298 g/mol. The zero-order chi connectivity index (χ0) is 16.1. The fourth-order valence-electron chi connectivity index (χ4n) is 1.90. The number of thioether (sulfide) groups is 1. The molecule has 1 aromatic heterocycles. The van der Waals surface area contributed by atoms with Gasteiger partial charge < -0.3 is 11.1 Å².